The number of carbonyl (C=O) groups is 1. The van der Waals surface area contributed by atoms with E-state index in [1.165, 1.54) is 38.9 Å². The first-order chi connectivity index (χ1) is 22.8. The minimum absolute atomic E-state index is 0.257. The molecule has 0 spiro atoms. The van der Waals surface area contributed by atoms with Crippen LogP contribution in [0.2, 0.25) is 0 Å². The van der Waals surface area contributed by atoms with Gasteiger partial charge in [-0.3, -0.25) is 0 Å². The summed E-state index contributed by atoms with van der Waals surface area (Å²) in [7, 11) is 0. The summed E-state index contributed by atoms with van der Waals surface area (Å²) >= 11 is 10.4. The largest absolute Gasteiger partial charge is 0.478 e. The van der Waals surface area contributed by atoms with Crippen molar-refractivity contribution in [1.82, 2.24) is 0 Å². The maximum Gasteiger partial charge on any atom is 0.335 e. The van der Waals surface area contributed by atoms with Gasteiger partial charge in [0.2, 0.25) is 0 Å². The summed E-state index contributed by atoms with van der Waals surface area (Å²) in [6.45, 7) is 8.36. The molecule has 0 saturated carbocycles. The lowest BCUT2D eigenvalue weighted by Crippen LogP contribution is -2.25. The smallest absolute Gasteiger partial charge is 0.335 e. The third kappa shape index (κ3) is 10.6. The van der Waals surface area contributed by atoms with Crippen LogP contribution in [0.15, 0.2) is 121 Å². The minimum atomic E-state index is -0.938. The minimum Gasteiger partial charge on any atom is -0.478 e. The number of hydrogen-bond acceptors (Lipinski definition) is 4. The zero-order valence-electron chi connectivity index (χ0n) is 27.8. The molecule has 0 bridgehead atoms. The van der Waals surface area contributed by atoms with Gasteiger partial charge in [0.1, 0.15) is 0 Å². The van der Waals surface area contributed by atoms with Crippen molar-refractivity contribution in [2.24, 2.45) is 0 Å². The van der Waals surface area contributed by atoms with Crippen LogP contribution in [0.5, 0.6) is 0 Å². The molecule has 0 unspecified atom stereocenters. The summed E-state index contributed by atoms with van der Waals surface area (Å²) in [4.78, 5) is 11.0. The molecule has 5 heteroatoms. The number of hydrogen-bond donors (Lipinski definition) is 3. The number of thioether (sulfide) groups is 1. The van der Waals surface area contributed by atoms with E-state index in [1.807, 2.05) is 25.6 Å². The van der Waals surface area contributed by atoms with E-state index >= 15 is 0 Å². The molecule has 5 aromatic carbocycles. The summed E-state index contributed by atoms with van der Waals surface area (Å²) in [6.07, 6.45) is 2.12. The number of thiol groups is 2. The number of aryl methyl sites for hydroxylation is 1. The SMILES string of the molecule is CC.CSCc1ccc([C@](C)(c2ccc(C#Cc3ccc(C(=O)O)cc3)cc2)c2ccc(CS)cc2)cc1.Cc1ccc(CS)cc1. The van der Waals surface area contributed by atoms with Gasteiger partial charge in [0, 0.05) is 33.8 Å². The Morgan fingerprint density at radius 3 is 1.38 bits per heavy atom. The van der Waals surface area contributed by atoms with E-state index in [-0.39, 0.29) is 11.0 Å². The van der Waals surface area contributed by atoms with Crippen molar-refractivity contribution < 1.29 is 9.90 Å². The fraction of sp³-hybridized carbons (Fsp3) is 0.214. The lowest BCUT2D eigenvalue weighted by atomic mass is 9.71. The molecule has 5 rings (SSSR count). The molecule has 5 aromatic rings. The van der Waals surface area contributed by atoms with Gasteiger partial charge in [-0.1, -0.05) is 116 Å². The van der Waals surface area contributed by atoms with Gasteiger partial charge in [0.25, 0.3) is 0 Å². The Morgan fingerprint density at radius 2 is 1.00 bits per heavy atom. The molecule has 0 aliphatic carbocycles. The van der Waals surface area contributed by atoms with E-state index < -0.39 is 5.97 Å². The molecule has 0 aliphatic heterocycles. The third-order valence-corrected chi connectivity index (χ3v) is 9.16. The second-order valence-electron chi connectivity index (χ2n) is 11.0. The zero-order chi connectivity index (χ0) is 34.2. The predicted octanol–water partition coefficient (Wildman–Crippen LogP) is 10.9. The van der Waals surface area contributed by atoms with Gasteiger partial charge in [-0.05, 0) is 89.9 Å². The Hall–Kier alpha value is -3.82. The Kier molecular flexibility index (Phi) is 15.3. The Bertz CT molecular complexity index is 1730. The van der Waals surface area contributed by atoms with Crippen molar-refractivity contribution >= 4 is 43.0 Å². The molecule has 47 heavy (non-hydrogen) atoms. The highest BCUT2D eigenvalue weighted by molar-refractivity contribution is 7.97. The molecular formula is C42H44O2S3. The van der Waals surface area contributed by atoms with Crippen LogP contribution in [0.1, 0.15) is 81.2 Å². The highest BCUT2D eigenvalue weighted by Gasteiger charge is 2.31. The molecule has 1 N–H and O–H groups in total. The Balaban J connectivity index is 0.000000466. The quantitative estimate of drug-likeness (QED) is 0.0870. The van der Waals surface area contributed by atoms with Crippen LogP contribution in [0, 0.1) is 18.8 Å². The average molecular weight is 677 g/mol. The molecule has 0 amide bonds. The molecule has 0 fully saturated rings. The van der Waals surface area contributed by atoms with E-state index in [0.29, 0.717) is 5.75 Å². The Labute approximate surface area is 296 Å². The van der Waals surface area contributed by atoms with Crippen molar-refractivity contribution in [2.45, 2.75) is 50.4 Å². The van der Waals surface area contributed by atoms with Crippen LogP contribution in [-0.4, -0.2) is 17.3 Å². The second kappa shape index (κ2) is 19.1. The van der Waals surface area contributed by atoms with Crippen LogP contribution < -0.4 is 0 Å². The molecule has 242 valence electrons. The van der Waals surface area contributed by atoms with Crippen LogP contribution in [0.3, 0.4) is 0 Å². The van der Waals surface area contributed by atoms with Crippen molar-refractivity contribution in [1.29, 1.82) is 0 Å². The monoisotopic (exact) mass is 676 g/mol. The molecule has 0 heterocycles. The molecule has 2 nitrogen and oxygen atoms in total. The van der Waals surface area contributed by atoms with Crippen LogP contribution in [0.25, 0.3) is 0 Å². The van der Waals surface area contributed by atoms with Gasteiger partial charge in [0.15, 0.2) is 0 Å². The lowest BCUT2D eigenvalue weighted by molar-refractivity contribution is 0.0697. The summed E-state index contributed by atoms with van der Waals surface area (Å²) in [5.74, 6) is 7.93. The van der Waals surface area contributed by atoms with Crippen molar-refractivity contribution in [3.8, 4) is 11.8 Å². The molecule has 0 saturated heterocycles. The summed E-state index contributed by atoms with van der Waals surface area (Å²) in [5.41, 5.74) is 10.4. The van der Waals surface area contributed by atoms with Crippen molar-refractivity contribution in [3.63, 3.8) is 0 Å². The van der Waals surface area contributed by atoms with E-state index in [4.69, 9.17) is 5.11 Å². The highest BCUT2D eigenvalue weighted by atomic mass is 32.2. The number of benzene rings is 5. The first-order valence-corrected chi connectivity index (χ1v) is 18.3. The lowest BCUT2D eigenvalue weighted by Gasteiger charge is -2.32. The molecule has 0 aromatic heterocycles. The maximum atomic E-state index is 11.0. The number of carboxylic acid groups (broad SMARTS) is 1. The number of carboxylic acids is 1. The van der Waals surface area contributed by atoms with Crippen LogP contribution in [-0.2, 0) is 22.7 Å². The zero-order valence-corrected chi connectivity index (χ0v) is 30.4. The first kappa shape index (κ1) is 37.6. The van der Waals surface area contributed by atoms with Gasteiger partial charge in [-0.2, -0.15) is 37.0 Å². The number of rotatable bonds is 8. The summed E-state index contributed by atoms with van der Waals surface area (Å²) < 4.78 is 0. The molecular weight excluding hydrogens is 633 g/mol. The molecule has 1 atom stereocenters. The van der Waals surface area contributed by atoms with Gasteiger partial charge >= 0.3 is 5.97 Å². The van der Waals surface area contributed by atoms with Crippen molar-refractivity contribution in [3.05, 3.63) is 177 Å². The van der Waals surface area contributed by atoms with Crippen LogP contribution in [0.4, 0.5) is 0 Å². The van der Waals surface area contributed by atoms with E-state index in [0.717, 1.165) is 22.6 Å². The topological polar surface area (TPSA) is 37.3 Å². The molecule has 0 radical (unpaired) electrons. The van der Waals surface area contributed by atoms with Crippen LogP contribution >= 0.6 is 37.0 Å². The maximum absolute atomic E-state index is 11.0. The van der Waals surface area contributed by atoms with Gasteiger partial charge in [-0.25, -0.2) is 4.79 Å². The average Bonchev–Trinajstić information content (AvgIpc) is 3.13. The summed E-state index contributed by atoms with van der Waals surface area (Å²) in [6, 6.07) is 41.1. The standard InChI is InChI=1S/C32H28O2S2.C8H10S.C2H6/c1-32(29-17-9-25(21-35)10-18-29,30-19-11-26(12-20-30)22-36-2)28-15-7-24(8-16-28)4-3-23-5-13-27(14-6-23)31(33)34;1-7-2-4-8(6-9)5-3-7;1-2/h5-20,35H,21-22H2,1-2H3,(H,33,34);2-5,9H,6H2,1H3;1-2H3/t32-;;/m1../s1. The summed E-state index contributed by atoms with van der Waals surface area (Å²) in [5, 5.41) is 9.06. The number of aromatic carboxylic acids is 1. The third-order valence-electron chi connectivity index (χ3n) is 7.80. The van der Waals surface area contributed by atoms with E-state index in [1.54, 1.807) is 24.3 Å². The predicted molar refractivity (Wildman–Crippen MR) is 209 cm³/mol. The second-order valence-corrected chi connectivity index (χ2v) is 12.5. The Morgan fingerprint density at radius 1 is 0.638 bits per heavy atom. The first-order valence-electron chi connectivity index (χ1n) is 15.7. The van der Waals surface area contributed by atoms with E-state index in [9.17, 15) is 4.79 Å². The van der Waals surface area contributed by atoms with E-state index in [2.05, 4.69) is 154 Å². The highest BCUT2D eigenvalue weighted by Crippen LogP contribution is 2.39. The molecule has 0 aliphatic rings. The van der Waals surface area contributed by atoms with Gasteiger partial charge < -0.3 is 5.11 Å². The fourth-order valence-corrected chi connectivity index (χ4v) is 5.91. The van der Waals surface area contributed by atoms with Gasteiger partial charge in [0.05, 0.1) is 5.56 Å². The normalized spacial score (nSPS) is 11.4. The van der Waals surface area contributed by atoms with Crippen molar-refractivity contribution in [2.75, 3.05) is 6.26 Å². The fourth-order valence-electron chi connectivity index (χ4n) is 4.97. The van der Waals surface area contributed by atoms with Gasteiger partial charge in [-0.15, -0.1) is 0 Å².